The lowest BCUT2D eigenvalue weighted by atomic mass is 9.88. The zero-order chi connectivity index (χ0) is 32.0. The molecule has 0 saturated heterocycles. The minimum Gasteiger partial charge on any atom is -0.106 e. The predicted octanol–water partition coefficient (Wildman–Crippen LogP) is 15.3. The minimum absolute atomic E-state index is 0. The second-order valence-electron chi connectivity index (χ2n) is 9.73. The first kappa shape index (κ1) is 52.1. The van der Waals surface area contributed by atoms with Crippen LogP contribution in [0.4, 0.5) is 0 Å². The Hall–Kier alpha value is -1.56. The summed E-state index contributed by atoms with van der Waals surface area (Å²) < 4.78 is 0. The molecule has 0 aliphatic rings. The van der Waals surface area contributed by atoms with Crippen molar-refractivity contribution in [1.29, 1.82) is 0 Å². The molecule has 1 rings (SSSR count). The number of aryl methyl sites for hydroxylation is 2. The molecular weight excluding hydrogens is 492 g/mol. The van der Waals surface area contributed by atoms with E-state index < -0.39 is 0 Å². The summed E-state index contributed by atoms with van der Waals surface area (Å²) in [6.45, 7) is 37.3. The molecule has 0 fully saturated rings. The highest BCUT2D eigenvalue weighted by Gasteiger charge is 2.10. The molecule has 0 amide bonds. The average molecular weight is 575 g/mol. The first-order chi connectivity index (χ1) is 19.5. The van der Waals surface area contributed by atoms with E-state index in [1.54, 1.807) is 22.3 Å². The van der Waals surface area contributed by atoms with Crippen LogP contribution in [0.1, 0.15) is 182 Å². The topological polar surface area (TPSA) is 0 Å². The molecule has 0 bridgehead atoms. The quantitative estimate of drug-likeness (QED) is 0.128. The van der Waals surface area contributed by atoms with E-state index in [-0.39, 0.29) is 7.43 Å². The van der Waals surface area contributed by atoms with Crippen LogP contribution in [0.15, 0.2) is 50.6 Å². The van der Waals surface area contributed by atoms with Gasteiger partial charge < -0.3 is 0 Å². The summed E-state index contributed by atoms with van der Waals surface area (Å²) in [5.74, 6) is 0.686. The van der Waals surface area contributed by atoms with E-state index in [1.165, 1.54) is 89.9 Å². The lowest BCUT2D eigenvalue weighted by Crippen LogP contribution is -2.04. The van der Waals surface area contributed by atoms with Crippen molar-refractivity contribution in [3.63, 3.8) is 0 Å². The van der Waals surface area contributed by atoms with Crippen LogP contribution < -0.4 is 0 Å². The summed E-state index contributed by atoms with van der Waals surface area (Å²) >= 11 is 0. The minimum atomic E-state index is 0. The molecule has 0 aliphatic heterocycles. The van der Waals surface area contributed by atoms with E-state index in [0.29, 0.717) is 5.92 Å². The van der Waals surface area contributed by atoms with Gasteiger partial charge >= 0.3 is 0 Å². The standard InChI is InChI=1S/C22H36.C8H18.C4H8.2C2H6.C2H4.CH4/c1-6-10-11-13-19(8-3)14-15-20-16-17-21(12-7-2)22(9-4)18(20)5;1-3-5-7-8-6-4-2;1-3-4-2;3*1-2;/h8,16-17,19H,3,6-7,9-15H2,1-2,4-5H3;3-8H2,1-2H3;3H,1,4H2,2H3;2*1-2H3;1-2H2;1H4. The Bertz CT molecular complexity index is 588. The molecule has 0 heterocycles. The summed E-state index contributed by atoms with van der Waals surface area (Å²) in [6, 6.07) is 4.76. The van der Waals surface area contributed by atoms with Gasteiger partial charge in [-0.1, -0.05) is 165 Å². The van der Waals surface area contributed by atoms with E-state index in [1.807, 2.05) is 33.8 Å². The third-order valence-electron chi connectivity index (χ3n) is 6.72. The highest BCUT2D eigenvalue weighted by Crippen LogP contribution is 2.24. The summed E-state index contributed by atoms with van der Waals surface area (Å²) in [5.41, 5.74) is 6.26. The number of benzene rings is 1. The van der Waals surface area contributed by atoms with Gasteiger partial charge in [-0.05, 0) is 73.6 Å². The molecule has 0 heteroatoms. The molecule has 0 N–H and O–H groups in total. The van der Waals surface area contributed by atoms with Crippen molar-refractivity contribution < 1.29 is 0 Å². The Morgan fingerprint density at radius 1 is 0.634 bits per heavy atom. The van der Waals surface area contributed by atoms with Crippen LogP contribution in [0.25, 0.3) is 0 Å². The SMILES string of the molecule is C.C=C.C=CC(CCCCC)CCc1ccc(CCC)c(CC)c1C.C=CCC.CC.CC.CCCCCCCC. The van der Waals surface area contributed by atoms with Crippen LogP contribution in [-0.4, -0.2) is 0 Å². The van der Waals surface area contributed by atoms with Gasteiger partial charge in [0, 0.05) is 0 Å². The third kappa shape index (κ3) is 34.5. The fourth-order valence-electron chi connectivity index (χ4n) is 4.36. The Balaban J connectivity index is -0.000000134. The Morgan fingerprint density at radius 3 is 1.44 bits per heavy atom. The molecule has 1 atom stereocenters. The van der Waals surface area contributed by atoms with Crippen molar-refractivity contribution >= 4 is 0 Å². The van der Waals surface area contributed by atoms with Crippen LogP contribution in [0.5, 0.6) is 0 Å². The summed E-state index contributed by atoms with van der Waals surface area (Å²) in [4.78, 5) is 0. The largest absolute Gasteiger partial charge is 0.106 e. The van der Waals surface area contributed by atoms with Gasteiger partial charge in [-0.15, -0.1) is 26.3 Å². The molecule has 1 aromatic carbocycles. The molecule has 41 heavy (non-hydrogen) atoms. The molecule has 246 valence electrons. The summed E-state index contributed by atoms with van der Waals surface area (Å²) in [7, 11) is 0. The highest BCUT2D eigenvalue weighted by molar-refractivity contribution is 5.40. The number of rotatable bonds is 17. The van der Waals surface area contributed by atoms with Gasteiger partial charge in [0.25, 0.3) is 0 Å². The van der Waals surface area contributed by atoms with Gasteiger partial charge in [-0.25, -0.2) is 0 Å². The predicted molar refractivity (Wildman–Crippen MR) is 201 cm³/mol. The lowest BCUT2D eigenvalue weighted by molar-refractivity contribution is 0.508. The number of hydrogen-bond acceptors (Lipinski definition) is 0. The van der Waals surface area contributed by atoms with E-state index in [2.05, 4.69) is 93.0 Å². The Morgan fingerprint density at radius 2 is 1.07 bits per heavy atom. The van der Waals surface area contributed by atoms with Crippen LogP contribution in [-0.2, 0) is 19.3 Å². The van der Waals surface area contributed by atoms with Gasteiger partial charge in [0.1, 0.15) is 0 Å². The maximum Gasteiger partial charge on any atom is -0.0233 e. The maximum atomic E-state index is 4.05. The number of hydrogen-bond donors (Lipinski definition) is 0. The smallest absolute Gasteiger partial charge is 0.0233 e. The number of allylic oxidation sites excluding steroid dienone is 2. The van der Waals surface area contributed by atoms with Gasteiger partial charge in [0.15, 0.2) is 0 Å². The lowest BCUT2D eigenvalue weighted by Gasteiger charge is -2.17. The highest BCUT2D eigenvalue weighted by atomic mass is 14.2. The third-order valence-corrected chi connectivity index (χ3v) is 6.72. The van der Waals surface area contributed by atoms with Crippen molar-refractivity contribution in [3.8, 4) is 0 Å². The first-order valence-electron chi connectivity index (χ1n) is 17.3. The number of unbranched alkanes of at least 4 members (excludes halogenated alkanes) is 7. The molecule has 0 aliphatic carbocycles. The zero-order valence-electron chi connectivity index (χ0n) is 30.0. The fraction of sp³-hybridized carbons (Fsp3) is 0.707. The van der Waals surface area contributed by atoms with E-state index in [0.717, 1.165) is 12.8 Å². The van der Waals surface area contributed by atoms with Crippen molar-refractivity contribution in [3.05, 3.63) is 72.9 Å². The molecule has 0 nitrogen and oxygen atoms in total. The van der Waals surface area contributed by atoms with Gasteiger partial charge in [0.2, 0.25) is 0 Å². The van der Waals surface area contributed by atoms with Crippen molar-refractivity contribution in [2.45, 2.75) is 186 Å². The van der Waals surface area contributed by atoms with Crippen LogP contribution in [0.3, 0.4) is 0 Å². The molecule has 0 aromatic heterocycles. The average Bonchev–Trinajstić information content (AvgIpc) is 3.01. The summed E-state index contributed by atoms with van der Waals surface area (Å²) in [5, 5.41) is 0. The monoisotopic (exact) mass is 575 g/mol. The van der Waals surface area contributed by atoms with Gasteiger partial charge in [-0.2, -0.15) is 0 Å². The Kier molecular flexibility index (Phi) is 61.3. The second kappa shape index (κ2) is 48.2. The van der Waals surface area contributed by atoms with Gasteiger partial charge in [-0.3, -0.25) is 0 Å². The van der Waals surface area contributed by atoms with Gasteiger partial charge in [0.05, 0.1) is 0 Å². The normalized spacial score (nSPS) is 9.54. The summed E-state index contributed by atoms with van der Waals surface area (Å²) in [6.07, 6.45) is 25.0. The van der Waals surface area contributed by atoms with Crippen molar-refractivity contribution in [2.75, 3.05) is 0 Å². The first-order valence-corrected chi connectivity index (χ1v) is 17.3. The fourth-order valence-corrected chi connectivity index (χ4v) is 4.36. The molecule has 1 aromatic rings. The van der Waals surface area contributed by atoms with Crippen LogP contribution >= 0.6 is 0 Å². The van der Waals surface area contributed by atoms with Crippen LogP contribution in [0, 0.1) is 12.8 Å². The van der Waals surface area contributed by atoms with Crippen molar-refractivity contribution in [2.24, 2.45) is 5.92 Å². The second-order valence-corrected chi connectivity index (χ2v) is 9.73. The van der Waals surface area contributed by atoms with Crippen molar-refractivity contribution in [1.82, 2.24) is 0 Å². The Labute approximate surface area is 264 Å². The molecule has 0 spiro atoms. The maximum absolute atomic E-state index is 4.05. The van der Waals surface area contributed by atoms with E-state index in [9.17, 15) is 0 Å². The van der Waals surface area contributed by atoms with E-state index >= 15 is 0 Å². The van der Waals surface area contributed by atoms with E-state index in [4.69, 9.17) is 0 Å². The molecule has 0 radical (unpaired) electrons. The molecular formula is C41H82. The van der Waals surface area contributed by atoms with Crippen LogP contribution in [0.2, 0.25) is 0 Å². The molecule has 1 unspecified atom stereocenters. The zero-order valence-corrected chi connectivity index (χ0v) is 30.0. The molecule has 0 saturated carbocycles.